The highest BCUT2D eigenvalue weighted by molar-refractivity contribution is 7.28. The SMILES string of the molecule is C=CC(=O)N1CCN(c2nc(=O)n(C34CCCN3CCC4F)c3c4c(c(Cl)cc23)-c2c(ccc(F)c2P)CO4)[C@@H](C)C1. The van der Waals surface area contributed by atoms with Crippen LogP contribution in [0.2, 0.25) is 5.02 Å². The molecule has 0 spiro atoms. The number of alkyl halides is 1. The summed E-state index contributed by atoms with van der Waals surface area (Å²) in [5.41, 5.74) is 0.480. The Kier molecular flexibility index (Phi) is 6.60. The molecule has 0 bridgehead atoms. The Hall–Kier alpha value is -3.07. The van der Waals surface area contributed by atoms with Crippen molar-refractivity contribution in [3.8, 4) is 16.9 Å². The summed E-state index contributed by atoms with van der Waals surface area (Å²) >= 11 is 7.00. The van der Waals surface area contributed by atoms with Crippen molar-refractivity contribution in [3.05, 3.63) is 57.7 Å². The number of aromatic nitrogens is 2. The lowest BCUT2D eigenvalue weighted by atomic mass is 9.93. The molecule has 7 rings (SSSR count). The van der Waals surface area contributed by atoms with Gasteiger partial charge in [0.1, 0.15) is 35.6 Å². The Morgan fingerprint density at radius 3 is 2.83 bits per heavy atom. The van der Waals surface area contributed by atoms with Gasteiger partial charge in [-0.15, -0.1) is 9.24 Å². The van der Waals surface area contributed by atoms with Gasteiger partial charge in [-0.1, -0.05) is 24.2 Å². The Morgan fingerprint density at radius 1 is 1.26 bits per heavy atom. The molecule has 12 heteroatoms. The standard InChI is InChI=1S/C30H31ClF2N5O3P/c1-3-22(39)35-11-12-37(16(2)14-35)28-18-13-19(31)24-23-17(5-6-20(32)27(23)42)15-41-26(24)25(18)38(29(40)34-28)30-8-4-9-36(30)10-7-21(30)33/h3,5-6,13,16,21H,1,4,7-12,14-15,42H2,2H3/t16-,21?,30?/m0/s1. The predicted molar refractivity (Wildman–Crippen MR) is 162 cm³/mol. The predicted octanol–water partition coefficient (Wildman–Crippen LogP) is 3.96. The van der Waals surface area contributed by atoms with Crippen molar-refractivity contribution in [2.75, 3.05) is 37.6 Å². The summed E-state index contributed by atoms with van der Waals surface area (Å²) in [5.74, 6) is 0.170. The number of fused-ring (bicyclic) bond motifs is 6. The Morgan fingerprint density at radius 2 is 2.07 bits per heavy atom. The largest absolute Gasteiger partial charge is 0.486 e. The number of ether oxygens (including phenoxy) is 1. The first-order valence-corrected chi connectivity index (χ1v) is 15.2. The number of nitrogens with zero attached hydrogens (tertiary/aromatic N) is 5. The summed E-state index contributed by atoms with van der Waals surface area (Å²) in [5, 5.41) is 1.22. The van der Waals surface area contributed by atoms with Crippen LogP contribution in [0, 0.1) is 5.82 Å². The van der Waals surface area contributed by atoms with Gasteiger partial charge in [0.2, 0.25) is 5.91 Å². The van der Waals surface area contributed by atoms with Crippen LogP contribution >= 0.6 is 20.8 Å². The van der Waals surface area contributed by atoms with E-state index < -0.39 is 23.3 Å². The number of amides is 1. The fourth-order valence-electron chi connectivity index (χ4n) is 7.50. The zero-order valence-corrected chi connectivity index (χ0v) is 25.1. The third-order valence-corrected chi connectivity index (χ3v) is 10.3. The van der Waals surface area contributed by atoms with Crippen LogP contribution in [0.25, 0.3) is 22.0 Å². The third-order valence-electron chi connectivity index (χ3n) is 9.41. The van der Waals surface area contributed by atoms with E-state index in [-0.39, 0.29) is 18.6 Å². The number of carbonyl (C=O) groups is 1. The van der Waals surface area contributed by atoms with Gasteiger partial charge >= 0.3 is 5.69 Å². The minimum absolute atomic E-state index is 0.139. The summed E-state index contributed by atoms with van der Waals surface area (Å²) in [4.78, 5) is 36.9. The Bertz CT molecular complexity index is 1730. The molecule has 8 nitrogen and oxygen atoms in total. The van der Waals surface area contributed by atoms with Crippen molar-refractivity contribution in [3.63, 3.8) is 0 Å². The van der Waals surface area contributed by atoms with Crippen LogP contribution < -0.4 is 20.6 Å². The molecule has 1 amide bonds. The highest BCUT2D eigenvalue weighted by atomic mass is 35.5. The second kappa shape index (κ2) is 10.00. The number of halogens is 3. The van der Waals surface area contributed by atoms with Gasteiger partial charge < -0.3 is 14.5 Å². The fraction of sp³-hybridized carbons (Fsp3) is 0.433. The maximum atomic E-state index is 16.1. The van der Waals surface area contributed by atoms with Gasteiger partial charge in [0.25, 0.3) is 0 Å². The van der Waals surface area contributed by atoms with Gasteiger partial charge in [0.15, 0.2) is 5.75 Å². The summed E-state index contributed by atoms with van der Waals surface area (Å²) in [7, 11) is 2.46. The lowest BCUT2D eigenvalue weighted by Gasteiger charge is -2.42. The second-order valence-electron chi connectivity index (χ2n) is 11.6. The van der Waals surface area contributed by atoms with E-state index in [1.807, 2.05) is 16.7 Å². The topological polar surface area (TPSA) is 70.9 Å². The van der Waals surface area contributed by atoms with Crippen molar-refractivity contribution in [2.24, 2.45) is 0 Å². The maximum Gasteiger partial charge on any atom is 0.351 e. The Labute approximate surface area is 249 Å². The summed E-state index contributed by atoms with van der Waals surface area (Å²) in [6, 6.07) is 4.62. The van der Waals surface area contributed by atoms with Crippen molar-refractivity contribution in [1.29, 1.82) is 0 Å². The first kappa shape index (κ1) is 27.7. The van der Waals surface area contributed by atoms with E-state index in [0.29, 0.717) is 89.5 Å². The number of piperazine rings is 1. The van der Waals surface area contributed by atoms with Crippen LogP contribution in [0.5, 0.6) is 5.75 Å². The Balaban J connectivity index is 1.53. The number of benzene rings is 2. The number of hydrogen-bond acceptors (Lipinski definition) is 6. The van der Waals surface area contributed by atoms with Crippen molar-refractivity contribution >= 4 is 48.8 Å². The highest BCUT2D eigenvalue weighted by Crippen LogP contribution is 2.52. The molecule has 0 N–H and O–H groups in total. The lowest BCUT2D eigenvalue weighted by molar-refractivity contribution is -0.126. The third kappa shape index (κ3) is 3.81. The zero-order valence-electron chi connectivity index (χ0n) is 23.2. The molecule has 4 aliphatic heterocycles. The molecule has 0 saturated carbocycles. The molecule has 3 unspecified atom stereocenters. The number of carbonyl (C=O) groups excluding carboxylic acids is 1. The molecule has 0 radical (unpaired) electrons. The molecule has 42 heavy (non-hydrogen) atoms. The molecule has 4 atom stereocenters. The van der Waals surface area contributed by atoms with Crippen LogP contribution in [-0.4, -0.2) is 70.2 Å². The van der Waals surface area contributed by atoms with E-state index in [1.165, 1.54) is 16.7 Å². The smallest absolute Gasteiger partial charge is 0.351 e. The average molecular weight is 614 g/mol. The van der Waals surface area contributed by atoms with E-state index in [0.717, 1.165) is 12.0 Å². The molecular formula is C30H31ClF2N5O3P. The van der Waals surface area contributed by atoms with Gasteiger partial charge in [0, 0.05) is 60.6 Å². The van der Waals surface area contributed by atoms with Gasteiger partial charge in [0.05, 0.1) is 5.02 Å². The molecule has 5 heterocycles. The molecule has 2 aromatic carbocycles. The molecule has 3 saturated heterocycles. The lowest BCUT2D eigenvalue weighted by Crippen LogP contribution is -2.55. The van der Waals surface area contributed by atoms with Crippen LogP contribution in [-0.2, 0) is 17.1 Å². The van der Waals surface area contributed by atoms with Crippen LogP contribution in [0.3, 0.4) is 0 Å². The number of rotatable bonds is 3. The average Bonchev–Trinajstić information content (AvgIpc) is 3.54. The van der Waals surface area contributed by atoms with Crippen molar-refractivity contribution in [2.45, 2.75) is 50.7 Å². The van der Waals surface area contributed by atoms with Gasteiger partial charge in [-0.05, 0) is 50.0 Å². The van der Waals surface area contributed by atoms with E-state index >= 15 is 4.39 Å². The fourth-order valence-corrected chi connectivity index (χ4v) is 8.21. The van der Waals surface area contributed by atoms with Gasteiger partial charge in [-0.3, -0.25) is 14.3 Å². The first-order valence-electron chi connectivity index (χ1n) is 14.2. The normalized spacial score (nSPS) is 25.3. The summed E-state index contributed by atoms with van der Waals surface area (Å²) in [6.07, 6.45) is 1.53. The zero-order chi connectivity index (χ0) is 29.5. The highest BCUT2D eigenvalue weighted by Gasteiger charge is 2.55. The molecular weight excluding hydrogens is 583 g/mol. The molecule has 4 aliphatic rings. The van der Waals surface area contributed by atoms with Crippen LogP contribution in [0.4, 0.5) is 14.6 Å². The van der Waals surface area contributed by atoms with E-state index in [9.17, 15) is 14.0 Å². The minimum Gasteiger partial charge on any atom is -0.486 e. The van der Waals surface area contributed by atoms with Crippen molar-refractivity contribution < 1.29 is 18.3 Å². The van der Waals surface area contributed by atoms with E-state index in [1.54, 1.807) is 17.0 Å². The summed E-state index contributed by atoms with van der Waals surface area (Å²) in [6.45, 7) is 8.17. The monoisotopic (exact) mass is 613 g/mol. The quantitative estimate of drug-likeness (QED) is 0.329. The molecule has 3 fully saturated rings. The van der Waals surface area contributed by atoms with Crippen molar-refractivity contribution in [1.82, 2.24) is 19.4 Å². The minimum atomic E-state index is -1.28. The maximum absolute atomic E-state index is 16.1. The van der Waals surface area contributed by atoms with Crippen LogP contribution in [0.15, 0.2) is 35.6 Å². The van der Waals surface area contributed by atoms with Gasteiger partial charge in [-0.2, -0.15) is 4.98 Å². The molecule has 3 aromatic rings. The molecule has 0 aliphatic carbocycles. The number of hydrogen-bond donors (Lipinski definition) is 0. The van der Waals surface area contributed by atoms with E-state index in [2.05, 4.69) is 20.8 Å². The van der Waals surface area contributed by atoms with E-state index in [4.69, 9.17) is 16.3 Å². The molecule has 220 valence electrons. The molecule has 1 aromatic heterocycles. The van der Waals surface area contributed by atoms with Gasteiger partial charge in [-0.25, -0.2) is 13.6 Å². The summed E-state index contributed by atoms with van der Waals surface area (Å²) < 4.78 is 38.8. The second-order valence-corrected chi connectivity index (χ2v) is 12.5. The van der Waals surface area contributed by atoms with Crippen LogP contribution in [0.1, 0.15) is 31.7 Å². The number of anilines is 1. The first-order chi connectivity index (χ1) is 20.2.